The van der Waals surface area contributed by atoms with Crippen LogP contribution >= 0.6 is 11.3 Å². The predicted octanol–water partition coefficient (Wildman–Crippen LogP) is 3.68. The number of carbonyl (C=O) groups excluding carboxylic acids is 1. The molecule has 25 heavy (non-hydrogen) atoms. The second kappa shape index (κ2) is 7.98. The molecule has 0 spiro atoms. The predicted molar refractivity (Wildman–Crippen MR) is 99.8 cm³/mol. The second-order valence-corrected chi connectivity index (χ2v) is 6.65. The van der Waals surface area contributed by atoms with Gasteiger partial charge >= 0.3 is 0 Å². The molecular weight excluding hydrogens is 336 g/mol. The summed E-state index contributed by atoms with van der Waals surface area (Å²) in [7, 11) is 3.13. The molecule has 0 saturated carbocycles. The van der Waals surface area contributed by atoms with Crippen molar-refractivity contribution in [2.45, 2.75) is 12.8 Å². The summed E-state index contributed by atoms with van der Waals surface area (Å²) in [6.07, 6.45) is 1.69. The molecule has 5 nitrogen and oxygen atoms in total. The molecule has 3 aromatic rings. The first-order chi connectivity index (χ1) is 12.2. The van der Waals surface area contributed by atoms with Gasteiger partial charge in [-0.2, -0.15) is 0 Å². The zero-order chi connectivity index (χ0) is 17.6. The number of nitrogens with one attached hydrogen (secondary N) is 1. The highest BCUT2D eigenvalue weighted by atomic mass is 32.1. The molecule has 0 atom stereocenters. The van der Waals surface area contributed by atoms with Crippen molar-refractivity contribution in [1.82, 2.24) is 10.3 Å². The van der Waals surface area contributed by atoms with E-state index in [0.717, 1.165) is 23.4 Å². The third-order valence-corrected chi connectivity index (χ3v) is 4.90. The Morgan fingerprint density at radius 3 is 2.52 bits per heavy atom. The second-order valence-electron chi connectivity index (χ2n) is 5.54. The van der Waals surface area contributed by atoms with E-state index in [4.69, 9.17) is 9.47 Å². The lowest BCUT2D eigenvalue weighted by molar-refractivity contribution is 0.0952. The van der Waals surface area contributed by atoms with Crippen LogP contribution in [-0.2, 0) is 6.42 Å². The Balaban J connectivity index is 1.54. The van der Waals surface area contributed by atoms with E-state index in [1.54, 1.807) is 43.8 Å². The van der Waals surface area contributed by atoms with Crippen LogP contribution in [0.3, 0.4) is 0 Å². The van der Waals surface area contributed by atoms with Gasteiger partial charge in [0.25, 0.3) is 5.91 Å². The van der Waals surface area contributed by atoms with Gasteiger partial charge in [-0.1, -0.05) is 12.1 Å². The smallest absolute Gasteiger partial charge is 0.251 e. The number of carbonyl (C=O) groups is 1. The van der Waals surface area contributed by atoms with Crippen molar-refractivity contribution < 1.29 is 14.3 Å². The third-order valence-electron chi connectivity index (χ3n) is 3.80. The highest BCUT2D eigenvalue weighted by Gasteiger charge is 2.10. The van der Waals surface area contributed by atoms with Gasteiger partial charge in [-0.25, -0.2) is 4.98 Å². The van der Waals surface area contributed by atoms with Crippen molar-refractivity contribution in [3.63, 3.8) is 0 Å². The number of rotatable bonds is 7. The Kier molecular flexibility index (Phi) is 5.50. The fourth-order valence-electron chi connectivity index (χ4n) is 2.51. The van der Waals surface area contributed by atoms with Gasteiger partial charge in [0, 0.05) is 24.6 Å². The fourth-order valence-corrected chi connectivity index (χ4v) is 3.52. The number of hydrogen-bond acceptors (Lipinski definition) is 5. The average molecular weight is 356 g/mol. The van der Waals surface area contributed by atoms with Gasteiger partial charge in [0.2, 0.25) is 0 Å². The summed E-state index contributed by atoms with van der Waals surface area (Å²) in [5.41, 5.74) is 1.56. The molecule has 0 saturated heterocycles. The molecule has 0 bridgehead atoms. The van der Waals surface area contributed by atoms with Crippen LogP contribution < -0.4 is 14.8 Å². The number of aromatic nitrogens is 1. The van der Waals surface area contributed by atoms with E-state index >= 15 is 0 Å². The first-order valence-electron chi connectivity index (χ1n) is 8.05. The van der Waals surface area contributed by atoms with Crippen molar-refractivity contribution in [3.05, 3.63) is 53.0 Å². The summed E-state index contributed by atoms with van der Waals surface area (Å²) >= 11 is 1.71. The molecule has 0 fully saturated rings. The summed E-state index contributed by atoms with van der Waals surface area (Å²) in [4.78, 5) is 16.9. The van der Waals surface area contributed by atoms with Gasteiger partial charge < -0.3 is 14.8 Å². The van der Waals surface area contributed by atoms with Crippen LogP contribution in [0, 0.1) is 0 Å². The Morgan fingerprint density at radius 1 is 1.12 bits per heavy atom. The lowest BCUT2D eigenvalue weighted by Gasteiger charge is -2.09. The molecule has 130 valence electrons. The summed E-state index contributed by atoms with van der Waals surface area (Å²) in [6, 6.07) is 13.3. The molecule has 0 unspecified atom stereocenters. The standard InChI is InChI=1S/C19H20N2O3S/c1-23-14-10-13(11-15(12-14)24-2)19(22)20-9-5-8-18-21-16-6-3-4-7-17(16)25-18/h3-4,6-7,10-12H,5,8-9H2,1-2H3,(H,20,22). The molecule has 0 aliphatic rings. The summed E-state index contributed by atoms with van der Waals surface area (Å²) in [6.45, 7) is 0.592. The van der Waals surface area contributed by atoms with Gasteiger partial charge in [0.15, 0.2) is 0 Å². The van der Waals surface area contributed by atoms with E-state index in [9.17, 15) is 4.79 Å². The molecule has 3 rings (SSSR count). The summed E-state index contributed by atoms with van der Waals surface area (Å²) in [5, 5.41) is 4.03. The van der Waals surface area contributed by atoms with Crippen LogP contribution in [0.15, 0.2) is 42.5 Å². The molecule has 1 amide bonds. The number of amides is 1. The maximum atomic E-state index is 12.3. The summed E-state index contributed by atoms with van der Waals surface area (Å²) < 4.78 is 11.6. The number of thiazole rings is 1. The lowest BCUT2D eigenvalue weighted by Crippen LogP contribution is -2.24. The molecule has 0 radical (unpaired) electrons. The maximum absolute atomic E-state index is 12.3. The summed E-state index contributed by atoms with van der Waals surface area (Å²) in [5.74, 6) is 1.06. The van der Waals surface area contributed by atoms with Crippen molar-refractivity contribution in [1.29, 1.82) is 0 Å². The Labute approximate surface area is 150 Å². The molecule has 6 heteroatoms. The zero-order valence-electron chi connectivity index (χ0n) is 14.2. The first-order valence-corrected chi connectivity index (χ1v) is 8.87. The Morgan fingerprint density at radius 2 is 1.84 bits per heavy atom. The van der Waals surface area contributed by atoms with E-state index in [2.05, 4.69) is 16.4 Å². The van der Waals surface area contributed by atoms with Gasteiger partial charge in [0.05, 0.1) is 29.4 Å². The van der Waals surface area contributed by atoms with E-state index in [0.29, 0.717) is 23.6 Å². The monoisotopic (exact) mass is 356 g/mol. The average Bonchev–Trinajstić information content (AvgIpc) is 3.07. The number of nitrogens with zero attached hydrogens (tertiary/aromatic N) is 1. The SMILES string of the molecule is COc1cc(OC)cc(C(=O)NCCCc2nc3ccccc3s2)c1. The van der Waals surface area contributed by atoms with Gasteiger partial charge in [-0.3, -0.25) is 4.79 Å². The number of para-hydroxylation sites is 1. The van der Waals surface area contributed by atoms with Gasteiger partial charge in [0.1, 0.15) is 11.5 Å². The molecule has 1 heterocycles. The highest BCUT2D eigenvalue weighted by Crippen LogP contribution is 2.23. The molecule has 0 aliphatic carbocycles. The van der Waals surface area contributed by atoms with Gasteiger partial charge in [-0.15, -0.1) is 11.3 Å². The normalized spacial score (nSPS) is 10.6. The van der Waals surface area contributed by atoms with Gasteiger partial charge in [-0.05, 0) is 30.7 Å². The number of aryl methyl sites for hydroxylation is 1. The first kappa shape index (κ1) is 17.2. The van der Waals surface area contributed by atoms with Crippen molar-refractivity contribution in [2.75, 3.05) is 20.8 Å². The topological polar surface area (TPSA) is 60.5 Å². The number of hydrogen-bond donors (Lipinski definition) is 1. The quantitative estimate of drug-likeness (QED) is 0.656. The largest absolute Gasteiger partial charge is 0.497 e. The molecular formula is C19H20N2O3S. The number of ether oxygens (including phenoxy) is 2. The lowest BCUT2D eigenvalue weighted by atomic mass is 10.2. The van der Waals surface area contributed by atoms with Crippen molar-refractivity contribution in [2.24, 2.45) is 0 Å². The van der Waals surface area contributed by atoms with Crippen molar-refractivity contribution >= 4 is 27.5 Å². The number of methoxy groups -OCH3 is 2. The van der Waals surface area contributed by atoms with Crippen LogP contribution in [0.4, 0.5) is 0 Å². The van der Waals surface area contributed by atoms with E-state index in [1.165, 1.54) is 4.70 Å². The minimum Gasteiger partial charge on any atom is -0.497 e. The molecule has 0 aliphatic heterocycles. The Bertz CT molecular complexity index is 821. The molecule has 1 aromatic heterocycles. The van der Waals surface area contributed by atoms with E-state index in [-0.39, 0.29) is 5.91 Å². The fraction of sp³-hybridized carbons (Fsp3) is 0.263. The Hall–Kier alpha value is -2.60. The van der Waals surface area contributed by atoms with E-state index < -0.39 is 0 Å². The van der Waals surface area contributed by atoms with Crippen LogP contribution in [0.5, 0.6) is 11.5 Å². The van der Waals surface area contributed by atoms with Crippen LogP contribution in [0.25, 0.3) is 10.2 Å². The number of benzene rings is 2. The molecule has 2 aromatic carbocycles. The van der Waals surface area contributed by atoms with Crippen LogP contribution in [0.1, 0.15) is 21.8 Å². The maximum Gasteiger partial charge on any atom is 0.251 e. The van der Waals surface area contributed by atoms with Crippen LogP contribution in [-0.4, -0.2) is 31.7 Å². The minimum atomic E-state index is -0.138. The third kappa shape index (κ3) is 4.28. The number of fused-ring (bicyclic) bond motifs is 1. The zero-order valence-corrected chi connectivity index (χ0v) is 15.1. The highest BCUT2D eigenvalue weighted by molar-refractivity contribution is 7.18. The molecule has 1 N–H and O–H groups in total. The van der Waals surface area contributed by atoms with Crippen LogP contribution in [0.2, 0.25) is 0 Å². The minimum absolute atomic E-state index is 0.138. The van der Waals surface area contributed by atoms with Crippen molar-refractivity contribution in [3.8, 4) is 11.5 Å². The van der Waals surface area contributed by atoms with E-state index in [1.807, 2.05) is 18.2 Å².